The SMILES string of the molecule is CC1C(C=Cc2ccc(-c3ccccc3C#N)cn2)C2(C)C(C)SC(=O)C2(NCC(O)CCl)CC1(F)F. The lowest BCUT2D eigenvalue weighted by Crippen LogP contribution is -2.70. The number of aromatic nitrogens is 1. The molecule has 1 aliphatic heterocycles. The number of nitriles is 1. The lowest BCUT2D eigenvalue weighted by Gasteiger charge is -2.56. The Morgan fingerprint density at radius 2 is 2.05 bits per heavy atom. The third-order valence-electron chi connectivity index (χ3n) is 8.23. The van der Waals surface area contributed by atoms with Crippen LogP contribution < -0.4 is 5.32 Å². The van der Waals surface area contributed by atoms with E-state index >= 15 is 8.78 Å². The molecule has 1 aromatic heterocycles. The molecule has 1 aliphatic carbocycles. The molecule has 0 amide bonds. The number of thioether (sulfide) groups is 1. The van der Waals surface area contributed by atoms with Gasteiger partial charge in [-0.05, 0) is 24.1 Å². The van der Waals surface area contributed by atoms with E-state index in [1.54, 1.807) is 36.5 Å². The molecule has 2 aromatic rings. The third-order valence-corrected chi connectivity index (χ3v) is 9.99. The van der Waals surface area contributed by atoms with Crippen LogP contribution in [0.1, 0.15) is 38.4 Å². The van der Waals surface area contributed by atoms with Gasteiger partial charge in [-0.3, -0.25) is 9.78 Å². The summed E-state index contributed by atoms with van der Waals surface area (Å²) in [4.78, 5) is 17.8. The van der Waals surface area contributed by atoms with Crippen LogP contribution in [0.25, 0.3) is 17.2 Å². The lowest BCUT2D eigenvalue weighted by atomic mass is 9.51. The zero-order chi connectivity index (χ0) is 27.0. The molecule has 37 heavy (non-hydrogen) atoms. The van der Waals surface area contributed by atoms with Crippen molar-refractivity contribution in [2.45, 2.75) is 50.0 Å². The van der Waals surface area contributed by atoms with Crippen LogP contribution in [0.5, 0.6) is 0 Å². The van der Waals surface area contributed by atoms with E-state index in [0.717, 1.165) is 22.9 Å². The fourth-order valence-corrected chi connectivity index (χ4v) is 7.40. The number of rotatable bonds is 7. The van der Waals surface area contributed by atoms with Crippen molar-refractivity contribution in [3.05, 3.63) is 59.9 Å². The van der Waals surface area contributed by atoms with Gasteiger partial charge in [0.15, 0.2) is 0 Å². The van der Waals surface area contributed by atoms with Gasteiger partial charge in [0.1, 0.15) is 5.54 Å². The van der Waals surface area contributed by atoms with Gasteiger partial charge in [0, 0.05) is 52.8 Å². The van der Waals surface area contributed by atoms with Crippen LogP contribution in [0.2, 0.25) is 0 Å². The summed E-state index contributed by atoms with van der Waals surface area (Å²) in [5.41, 5.74) is 0.331. The molecule has 2 aliphatic rings. The van der Waals surface area contributed by atoms with E-state index in [0.29, 0.717) is 11.3 Å². The molecule has 0 spiro atoms. The molecule has 1 saturated heterocycles. The standard InChI is InChI=1S/C28H30ClF2N3O2S/c1-17-24(11-10-21-9-8-20(14-33-21)23-7-5-4-6-19(23)13-32)26(3)18(2)37-25(36)27(26,16-28(17,30)31)34-15-22(35)12-29/h4-11,14,17-18,22,24,34-35H,12,15-16H2,1-3H3. The van der Waals surface area contributed by atoms with Gasteiger partial charge in [0.25, 0.3) is 5.92 Å². The quantitative estimate of drug-likeness (QED) is 0.445. The number of fused-ring (bicyclic) bond motifs is 1. The minimum absolute atomic E-state index is 0.0494. The maximum absolute atomic E-state index is 15.5. The highest BCUT2D eigenvalue weighted by Gasteiger charge is 2.72. The van der Waals surface area contributed by atoms with Crippen LogP contribution in [0.3, 0.4) is 0 Å². The predicted molar refractivity (Wildman–Crippen MR) is 143 cm³/mol. The van der Waals surface area contributed by atoms with Crippen LogP contribution in [0, 0.1) is 28.6 Å². The van der Waals surface area contributed by atoms with Crippen molar-refractivity contribution in [1.29, 1.82) is 5.26 Å². The van der Waals surface area contributed by atoms with Crippen molar-refractivity contribution in [3.8, 4) is 17.2 Å². The number of hydrogen-bond acceptors (Lipinski definition) is 6. The predicted octanol–water partition coefficient (Wildman–Crippen LogP) is 5.52. The first-order valence-electron chi connectivity index (χ1n) is 12.2. The molecule has 6 unspecified atom stereocenters. The summed E-state index contributed by atoms with van der Waals surface area (Å²) in [6.07, 6.45) is 3.57. The third kappa shape index (κ3) is 4.72. The van der Waals surface area contributed by atoms with E-state index in [4.69, 9.17) is 11.6 Å². The molecule has 0 bridgehead atoms. The van der Waals surface area contributed by atoms with Gasteiger partial charge in [-0.2, -0.15) is 5.26 Å². The number of alkyl halides is 3. The molecule has 0 radical (unpaired) electrons. The molecular weight excluding hydrogens is 516 g/mol. The van der Waals surface area contributed by atoms with Gasteiger partial charge < -0.3 is 10.4 Å². The Kier molecular flexibility index (Phi) is 7.83. The topological polar surface area (TPSA) is 86.0 Å². The fraction of sp³-hybridized carbons (Fsp3) is 0.464. The zero-order valence-electron chi connectivity index (χ0n) is 20.9. The van der Waals surface area contributed by atoms with Crippen LogP contribution in [0.15, 0.2) is 48.7 Å². The van der Waals surface area contributed by atoms with E-state index < -0.39 is 41.2 Å². The van der Waals surface area contributed by atoms with E-state index in [1.807, 2.05) is 32.0 Å². The Hall–Kier alpha value is -2.31. The molecular formula is C28H30ClF2N3O2S. The Morgan fingerprint density at radius 3 is 2.70 bits per heavy atom. The number of carbonyl (C=O) groups excluding carboxylic acids is 1. The molecule has 1 aromatic carbocycles. The van der Waals surface area contributed by atoms with E-state index in [-0.39, 0.29) is 22.8 Å². The number of pyridine rings is 1. The van der Waals surface area contributed by atoms with Crippen molar-refractivity contribution < 1.29 is 18.7 Å². The van der Waals surface area contributed by atoms with Crippen molar-refractivity contribution >= 4 is 34.6 Å². The highest BCUT2D eigenvalue weighted by molar-refractivity contribution is 8.14. The molecule has 9 heteroatoms. The molecule has 6 atom stereocenters. The maximum atomic E-state index is 15.5. The molecule has 2 N–H and O–H groups in total. The molecule has 2 fully saturated rings. The maximum Gasteiger partial charge on any atom is 0.253 e. The van der Waals surface area contributed by atoms with Gasteiger partial charge in [-0.25, -0.2) is 8.78 Å². The average Bonchev–Trinajstić information content (AvgIpc) is 3.07. The molecule has 5 nitrogen and oxygen atoms in total. The highest BCUT2D eigenvalue weighted by Crippen LogP contribution is 2.65. The number of halogens is 3. The summed E-state index contributed by atoms with van der Waals surface area (Å²) in [6, 6.07) is 13.0. The van der Waals surface area contributed by atoms with E-state index in [1.165, 1.54) is 6.92 Å². The molecule has 2 heterocycles. The zero-order valence-corrected chi connectivity index (χ0v) is 22.5. The van der Waals surface area contributed by atoms with E-state index in [9.17, 15) is 15.2 Å². The highest BCUT2D eigenvalue weighted by atomic mass is 35.5. The van der Waals surface area contributed by atoms with Crippen LogP contribution in [0.4, 0.5) is 8.78 Å². The minimum Gasteiger partial charge on any atom is -0.391 e. The lowest BCUT2D eigenvalue weighted by molar-refractivity contribution is -0.174. The fourth-order valence-electron chi connectivity index (χ4n) is 5.80. The summed E-state index contributed by atoms with van der Waals surface area (Å²) < 4.78 is 31.0. The summed E-state index contributed by atoms with van der Waals surface area (Å²) in [6.45, 7) is 5.28. The Labute approximate surface area is 225 Å². The first-order chi connectivity index (χ1) is 17.5. The van der Waals surface area contributed by atoms with Gasteiger partial charge in [-0.1, -0.05) is 62.9 Å². The number of carbonyl (C=O) groups is 1. The average molecular weight is 546 g/mol. The number of hydrogen-bond donors (Lipinski definition) is 2. The van der Waals surface area contributed by atoms with Crippen molar-refractivity contribution in [2.75, 3.05) is 12.4 Å². The van der Waals surface area contributed by atoms with Crippen LogP contribution >= 0.6 is 23.4 Å². The number of aliphatic hydroxyl groups excluding tert-OH is 1. The molecule has 4 rings (SSSR count). The van der Waals surface area contributed by atoms with Gasteiger partial charge in [0.05, 0.1) is 23.4 Å². The molecule has 1 saturated carbocycles. The Bertz CT molecular complexity index is 1230. The van der Waals surface area contributed by atoms with Gasteiger partial charge >= 0.3 is 0 Å². The normalized spacial score (nSPS) is 31.7. The van der Waals surface area contributed by atoms with Gasteiger partial charge in [0.2, 0.25) is 5.12 Å². The Balaban J connectivity index is 1.69. The minimum atomic E-state index is -3.11. The number of allylic oxidation sites excluding steroid dienone is 1. The summed E-state index contributed by atoms with van der Waals surface area (Å²) in [5.74, 6) is -4.83. The molecule has 196 valence electrons. The number of nitrogens with zero attached hydrogens (tertiary/aromatic N) is 2. The van der Waals surface area contributed by atoms with Crippen LogP contribution in [-0.2, 0) is 4.79 Å². The number of β-amino-alcohol motifs (C(OH)–C–C–N with tert-alkyl or cyclic N) is 1. The summed E-state index contributed by atoms with van der Waals surface area (Å²) >= 11 is 6.83. The second-order valence-corrected chi connectivity index (χ2v) is 11.8. The number of nitrogens with one attached hydrogen (secondary N) is 1. The smallest absolute Gasteiger partial charge is 0.253 e. The van der Waals surface area contributed by atoms with Crippen molar-refractivity contribution in [2.24, 2.45) is 17.3 Å². The second kappa shape index (κ2) is 10.5. The van der Waals surface area contributed by atoms with Crippen molar-refractivity contribution in [1.82, 2.24) is 10.3 Å². The van der Waals surface area contributed by atoms with E-state index in [2.05, 4.69) is 16.4 Å². The largest absolute Gasteiger partial charge is 0.391 e. The van der Waals surface area contributed by atoms with Crippen LogP contribution in [-0.4, -0.2) is 50.4 Å². The van der Waals surface area contributed by atoms with Gasteiger partial charge in [-0.15, -0.1) is 11.6 Å². The number of aliphatic hydroxyl groups is 1. The summed E-state index contributed by atoms with van der Waals surface area (Å²) in [7, 11) is 0. The first-order valence-corrected chi connectivity index (χ1v) is 13.6. The number of benzene rings is 1. The first kappa shape index (κ1) is 27.7. The Morgan fingerprint density at radius 1 is 1.32 bits per heavy atom. The summed E-state index contributed by atoms with van der Waals surface area (Å²) in [5, 5.41) is 21.9. The van der Waals surface area contributed by atoms with Crippen molar-refractivity contribution in [3.63, 3.8) is 0 Å². The monoisotopic (exact) mass is 545 g/mol. The second-order valence-electron chi connectivity index (χ2n) is 10.2.